The van der Waals surface area contributed by atoms with Crippen molar-refractivity contribution in [3.05, 3.63) is 47.2 Å². The number of nitrogens with zero attached hydrogens (tertiary/aromatic N) is 1. The van der Waals surface area contributed by atoms with Gasteiger partial charge in [-0.2, -0.15) is 0 Å². The van der Waals surface area contributed by atoms with Crippen molar-refractivity contribution in [2.75, 3.05) is 6.54 Å². The molecule has 3 nitrogen and oxygen atoms in total. The van der Waals surface area contributed by atoms with Gasteiger partial charge in [0.25, 0.3) is 0 Å². The molecule has 0 atom stereocenters. The zero-order valence-electron chi connectivity index (χ0n) is 26.1. The SMILES string of the molecule is C/C=C\CCC1CCC(C)CC1.C=NCC(=C/C)/C(NC=O)=C(C)/C=C\CC.CC(C)F.CCC(C)C. The van der Waals surface area contributed by atoms with E-state index in [2.05, 4.69) is 76.8 Å². The summed E-state index contributed by atoms with van der Waals surface area (Å²) in [5, 5.41) is 2.72. The summed E-state index contributed by atoms with van der Waals surface area (Å²) in [5.74, 6) is 2.93. The molecule has 0 heterocycles. The molecule has 0 unspecified atom stereocenters. The lowest BCUT2D eigenvalue weighted by molar-refractivity contribution is -0.108. The summed E-state index contributed by atoms with van der Waals surface area (Å²) in [4.78, 5) is 14.4. The summed E-state index contributed by atoms with van der Waals surface area (Å²) in [6.45, 7) is 24.1. The van der Waals surface area contributed by atoms with Crippen LogP contribution in [0.5, 0.6) is 0 Å². The van der Waals surface area contributed by atoms with Crippen LogP contribution in [0.2, 0.25) is 0 Å². The van der Waals surface area contributed by atoms with Gasteiger partial charge in [-0.25, -0.2) is 4.39 Å². The Bertz CT molecular complexity index is 648. The largest absolute Gasteiger partial charge is 0.328 e. The Balaban J connectivity index is -0.000000479. The minimum absolute atomic E-state index is 0.504. The zero-order valence-corrected chi connectivity index (χ0v) is 26.1. The number of carbonyl (C=O) groups is 1. The normalized spacial score (nSPS) is 18.2. The molecule has 0 saturated heterocycles. The summed E-state index contributed by atoms with van der Waals surface area (Å²) in [6.07, 6.45) is 21.4. The van der Waals surface area contributed by atoms with Crippen LogP contribution in [0.4, 0.5) is 4.39 Å². The van der Waals surface area contributed by atoms with Crippen LogP contribution >= 0.6 is 0 Å². The first kappa shape index (κ1) is 39.5. The number of carbonyl (C=O) groups excluding carboxylic acids is 1. The highest BCUT2D eigenvalue weighted by Gasteiger charge is 2.16. The smallest absolute Gasteiger partial charge is 0.211 e. The van der Waals surface area contributed by atoms with E-state index in [1.54, 1.807) is 0 Å². The fourth-order valence-corrected chi connectivity index (χ4v) is 3.45. The van der Waals surface area contributed by atoms with E-state index in [1.807, 2.05) is 26.0 Å². The Hall–Kier alpha value is -1.97. The summed E-state index contributed by atoms with van der Waals surface area (Å²) in [5.41, 5.74) is 2.81. The number of nitrogens with one attached hydrogen (secondary N) is 1. The molecule has 0 radical (unpaired) electrons. The van der Waals surface area contributed by atoms with Gasteiger partial charge in [-0.3, -0.25) is 9.79 Å². The van der Waals surface area contributed by atoms with Crippen LogP contribution < -0.4 is 5.32 Å². The maximum atomic E-state index is 11.0. The van der Waals surface area contributed by atoms with E-state index >= 15 is 0 Å². The average Bonchev–Trinajstić information content (AvgIpc) is 2.86. The highest BCUT2D eigenvalue weighted by molar-refractivity contribution is 5.56. The molecule has 4 heteroatoms. The van der Waals surface area contributed by atoms with Gasteiger partial charge >= 0.3 is 0 Å². The number of hydrogen-bond acceptors (Lipinski definition) is 2. The maximum Gasteiger partial charge on any atom is 0.211 e. The number of halogens is 1. The topological polar surface area (TPSA) is 41.5 Å². The first-order valence-corrected chi connectivity index (χ1v) is 14.4. The number of alkyl halides is 1. The number of rotatable bonds is 11. The molecule has 1 amide bonds. The minimum atomic E-state index is -0.667. The van der Waals surface area contributed by atoms with Crippen molar-refractivity contribution in [3.8, 4) is 0 Å². The summed E-state index contributed by atoms with van der Waals surface area (Å²) >= 11 is 0. The molecule has 1 aliphatic rings. The van der Waals surface area contributed by atoms with E-state index in [0.29, 0.717) is 13.0 Å². The van der Waals surface area contributed by atoms with Gasteiger partial charge in [0, 0.05) is 5.70 Å². The molecule has 0 aromatic heterocycles. The molecule has 0 aromatic carbocycles. The number of allylic oxidation sites excluding steroid dienone is 6. The molecule has 37 heavy (non-hydrogen) atoms. The first-order valence-electron chi connectivity index (χ1n) is 14.4. The second-order valence-electron chi connectivity index (χ2n) is 10.4. The van der Waals surface area contributed by atoms with Gasteiger partial charge < -0.3 is 5.32 Å². The Morgan fingerprint density at radius 3 is 2.00 bits per heavy atom. The molecule has 1 rings (SSSR count). The van der Waals surface area contributed by atoms with Gasteiger partial charge in [-0.1, -0.05) is 97.1 Å². The third kappa shape index (κ3) is 28.5. The van der Waals surface area contributed by atoms with Crippen molar-refractivity contribution in [3.63, 3.8) is 0 Å². The molecule has 0 bridgehead atoms. The highest BCUT2D eigenvalue weighted by atomic mass is 19.1. The average molecular weight is 521 g/mol. The monoisotopic (exact) mass is 520 g/mol. The van der Waals surface area contributed by atoms with Crippen LogP contribution in [-0.4, -0.2) is 25.8 Å². The molecular weight excluding hydrogens is 459 g/mol. The van der Waals surface area contributed by atoms with Crippen molar-refractivity contribution >= 4 is 13.1 Å². The van der Waals surface area contributed by atoms with Crippen LogP contribution in [0, 0.1) is 17.8 Å². The molecule has 0 aromatic rings. The van der Waals surface area contributed by atoms with Gasteiger partial charge in [-0.15, -0.1) is 0 Å². The van der Waals surface area contributed by atoms with Gasteiger partial charge in [-0.05, 0) is 89.5 Å². The third-order valence-corrected chi connectivity index (χ3v) is 6.08. The van der Waals surface area contributed by atoms with E-state index in [-0.39, 0.29) is 0 Å². The summed E-state index contributed by atoms with van der Waals surface area (Å²) < 4.78 is 11.0. The summed E-state index contributed by atoms with van der Waals surface area (Å²) in [6, 6.07) is 0. The molecule has 0 spiro atoms. The lowest BCUT2D eigenvalue weighted by Gasteiger charge is -2.25. The quantitative estimate of drug-likeness (QED) is 0.125. The molecule has 1 fully saturated rings. The van der Waals surface area contributed by atoms with Crippen LogP contribution in [-0.2, 0) is 4.79 Å². The molecule has 216 valence electrons. The van der Waals surface area contributed by atoms with Gasteiger partial charge in [0.15, 0.2) is 0 Å². The molecule has 0 aliphatic heterocycles. The predicted molar refractivity (Wildman–Crippen MR) is 166 cm³/mol. The van der Waals surface area contributed by atoms with Crippen LogP contribution in [0.1, 0.15) is 121 Å². The second-order valence-corrected chi connectivity index (χ2v) is 10.4. The van der Waals surface area contributed by atoms with Crippen molar-refractivity contribution in [1.82, 2.24) is 5.32 Å². The first-order chi connectivity index (χ1) is 17.5. The van der Waals surface area contributed by atoms with Crippen LogP contribution in [0.15, 0.2) is 52.2 Å². The van der Waals surface area contributed by atoms with E-state index in [9.17, 15) is 9.18 Å². The summed E-state index contributed by atoms with van der Waals surface area (Å²) in [7, 11) is 0. The van der Waals surface area contributed by atoms with Crippen molar-refractivity contribution in [2.45, 2.75) is 127 Å². The fourth-order valence-electron chi connectivity index (χ4n) is 3.45. The van der Waals surface area contributed by atoms with Gasteiger partial charge in [0.05, 0.1) is 12.7 Å². The minimum Gasteiger partial charge on any atom is -0.328 e. The Kier molecular flexibility index (Phi) is 30.6. The second kappa shape index (κ2) is 28.6. The van der Waals surface area contributed by atoms with E-state index in [4.69, 9.17) is 0 Å². The van der Waals surface area contributed by atoms with Crippen LogP contribution in [0.3, 0.4) is 0 Å². The number of aliphatic imine (C=N–C) groups is 1. The zero-order chi connectivity index (χ0) is 29.1. The lowest BCUT2D eigenvalue weighted by atomic mass is 9.81. The number of amides is 1. The Morgan fingerprint density at radius 2 is 1.62 bits per heavy atom. The van der Waals surface area contributed by atoms with Crippen molar-refractivity contribution in [1.29, 1.82) is 0 Å². The number of hydrogen-bond donors (Lipinski definition) is 1. The molecular formula is C33H61FN2O. The lowest BCUT2D eigenvalue weighted by Crippen LogP contribution is -2.15. The third-order valence-electron chi connectivity index (χ3n) is 6.08. The fraction of sp³-hybridized carbons (Fsp3) is 0.697. The standard InChI is InChI=1S/C13H20N2O.C12H22.C5H12.C3H7F/c1-5-7-8-11(3)13(15-10-16)12(6-2)9-14-4;1-3-4-5-6-12-9-7-11(2)8-10-12;1-4-5(2)3;1-3(2)4/h6-8,10H,4-5,9H2,1-3H3,(H,15,16);3-4,11-12H,5-10H2,1-2H3;5H,4H2,1-3H3;3H,1-2H3/b8-7-,12-6-,13-11-;4-3-;;. The maximum absolute atomic E-state index is 11.0. The highest BCUT2D eigenvalue weighted by Crippen LogP contribution is 2.31. The Morgan fingerprint density at radius 1 is 1.08 bits per heavy atom. The Labute approximate surface area is 230 Å². The van der Waals surface area contributed by atoms with Crippen molar-refractivity contribution < 1.29 is 9.18 Å². The van der Waals surface area contributed by atoms with Gasteiger partial charge in [0.1, 0.15) is 0 Å². The van der Waals surface area contributed by atoms with E-state index in [0.717, 1.165) is 41.0 Å². The molecule has 1 N–H and O–H groups in total. The predicted octanol–water partition coefficient (Wildman–Crippen LogP) is 10.2. The van der Waals surface area contributed by atoms with E-state index < -0.39 is 6.17 Å². The van der Waals surface area contributed by atoms with Crippen molar-refractivity contribution in [2.24, 2.45) is 22.7 Å². The molecule has 1 saturated carbocycles. The van der Waals surface area contributed by atoms with Crippen LogP contribution in [0.25, 0.3) is 0 Å². The van der Waals surface area contributed by atoms with Gasteiger partial charge in [0.2, 0.25) is 6.41 Å². The molecule has 1 aliphatic carbocycles. The van der Waals surface area contributed by atoms with E-state index in [1.165, 1.54) is 58.8 Å².